The lowest BCUT2D eigenvalue weighted by molar-refractivity contribution is -0.135. The number of aryl methyl sites for hydroxylation is 1. The van der Waals surface area contributed by atoms with Crippen molar-refractivity contribution in [1.29, 1.82) is 0 Å². The summed E-state index contributed by atoms with van der Waals surface area (Å²) in [6.45, 7) is 6.66. The van der Waals surface area contributed by atoms with Crippen molar-refractivity contribution in [3.8, 4) is 0 Å². The van der Waals surface area contributed by atoms with Gasteiger partial charge in [-0.1, -0.05) is 19.1 Å². The van der Waals surface area contributed by atoms with Crippen LogP contribution in [0.25, 0.3) is 0 Å². The quantitative estimate of drug-likeness (QED) is 0.284. The van der Waals surface area contributed by atoms with Crippen molar-refractivity contribution >= 4 is 31.5 Å². The first-order valence-corrected chi connectivity index (χ1v) is 16.6. The minimum absolute atomic E-state index is 0.0101. The summed E-state index contributed by atoms with van der Waals surface area (Å²) in [4.78, 5) is 38.4. The van der Waals surface area contributed by atoms with E-state index in [0.29, 0.717) is 17.8 Å². The molecule has 2 aromatic rings. The number of likely N-dealkylation sites (tertiary alicyclic amines) is 1. The standard InChI is InChI=1S/C29H41N3O5Si/c1-19-25(37-26(28(19)38(2,3)36)17-27(34)32-16-4-5-24(32)18-33)15-8-20-6-13-23(14-7-20)31-29(35)21-9-11-22(30)12-10-21/h6-7,9-14,19,24-26,28,33,36H,4-5,8,15-18,30H2,1-3H3,(H,31,35)/t19-,24+,25+,26-,28+/m1/s1. The highest BCUT2D eigenvalue weighted by Gasteiger charge is 2.50. The maximum absolute atomic E-state index is 13.1. The summed E-state index contributed by atoms with van der Waals surface area (Å²) in [5.74, 6) is -0.0306. The Labute approximate surface area is 226 Å². The van der Waals surface area contributed by atoms with E-state index in [1.807, 2.05) is 37.4 Å². The molecule has 2 saturated heterocycles. The number of ether oxygens (including phenoxy) is 1. The normalized spacial score (nSPS) is 25.5. The van der Waals surface area contributed by atoms with Crippen LogP contribution in [0, 0.1) is 5.92 Å². The van der Waals surface area contributed by atoms with Gasteiger partial charge in [-0.15, -0.1) is 0 Å². The van der Waals surface area contributed by atoms with E-state index in [1.165, 1.54) is 0 Å². The molecule has 206 valence electrons. The molecule has 2 amide bonds. The Morgan fingerprint density at radius 1 is 1.11 bits per heavy atom. The van der Waals surface area contributed by atoms with Gasteiger partial charge in [0, 0.05) is 29.0 Å². The summed E-state index contributed by atoms with van der Waals surface area (Å²) >= 11 is 0. The number of nitrogen functional groups attached to an aromatic ring is 1. The number of hydrogen-bond donors (Lipinski definition) is 4. The molecule has 4 rings (SSSR count). The number of carbonyl (C=O) groups is 2. The predicted octanol–water partition coefficient (Wildman–Crippen LogP) is 3.80. The van der Waals surface area contributed by atoms with Crippen molar-refractivity contribution in [3.05, 3.63) is 59.7 Å². The number of amides is 2. The third kappa shape index (κ3) is 6.64. The highest BCUT2D eigenvalue weighted by Crippen LogP contribution is 2.45. The van der Waals surface area contributed by atoms with Crippen LogP contribution in [0.2, 0.25) is 18.6 Å². The number of aliphatic hydroxyl groups excluding tert-OH is 1. The molecule has 38 heavy (non-hydrogen) atoms. The minimum Gasteiger partial charge on any atom is -0.432 e. The van der Waals surface area contributed by atoms with Crippen LogP contribution in [0.5, 0.6) is 0 Å². The Hall–Kier alpha value is -2.72. The van der Waals surface area contributed by atoms with Crippen molar-refractivity contribution in [1.82, 2.24) is 4.90 Å². The van der Waals surface area contributed by atoms with Gasteiger partial charge in [0.2, 0.25) is 5.91 Å². The molecular weight excluding hydrogens is 498 g/mol. The van der Waals surface area contributed by atoms with Crippen LogP contribution in [0.15, 0.2) is 48.5 Å². The molecule has 2 fully saturated rings. The van der Waals surface area contributed by atoms with Gasteiger partial charge in [-0.25, -0.2) is 0 Å². The molecule has 0 spiro atoms. The topological polar surface area (TPSA) is 125 Å². The number of aliphatic hydroxyl groups is 1. The second kappa shape index (κ2) is 12.0. The molecule has 0 saturated carbocycles. The van der Waals surface area contributed by atoms with Crippen molar-refractivity contribution in [2.75, 3.05) is 24.2 Å². The van der Waals surface area contributed by atoms with E-state index in [2.05, 4.69) is 12.2 Å². The molecular formula is C29H41N3O5Si. The molecule has 5 atom stereocenters. The third-order valence-electron chi connectivity index (χ3n) is 8.10. The first kappa shape index (κ1) is 28.3. The van der Waals surface area contributed by atoms with Crippen molar-refractivity contribution in [2.45, 2.75) is 75.9 Å². The number of carbonyl (C=O) groups excluding carboxylic acids is 2. The number of hydrogen-bond acceptors (Lipinski definition) is 6. The van der Waals surface area contributed by atoms with Gasteiger partial charge in [0.05, 0.1) is 31.3 Å². The van der Waals surface area contributed by atoms with E-state index in [9.17, 15) is 19.5 Å². The fourth-order valence-corrected chi connectivity index (χ4v) is 8.76. The molecule has 0 unspecified atom stereocenters. The lowest BCUT2D eigenvalue weighted by Gasteiger charge is -2.31. The molecule has 2 aliphatic rings. The molecule has 9 heteroatoms. The van der Waals surface area contributed by atoms with Crippen LogP contribution in [0.3, 0.4) is 0 Å². The summed E-state index contributed by atoms with van der Waals surface area (Å²) in [5, 5.41) is 12.5. The zero-order valence-electron chi connectivity index (χ0n) is 22.6. The molecule has 0 radical (unpaired) electrons. The van der Waals surface area contributed by atoms with Crippen LogP contribution in [-0.4, -0.2) is 66.3 Å². The average molecular weight is 540 g/mol. The van der Waals surface area contributed by atoms with Crippen LogP contribution in [0.1, 0.15) is 48.5 Å². The largest absolute Gasteiger partial charge is 0.432 e. The Morgan fingerprint density at radius 2 is 1.79 bits per heavy atom. The molecule has 0 aliphatic carbocycles. The fraction of sp³-hybridized carbons (Fsp3) is 0.517. The number of rotatable bonds is 9. The van der Waals surface area contributed by atoms with Crippen molar-refractivity contribution in [3.63, 3.8) is 0 Å². The number of anilines is 2. The Kier molecular flexibility index (Phi) is 8.92. The zero-order chi connectivity index (χ0) is 27.4. The Balaban J connectivity index is 1.35. The van der Waals surface area contributed by atoms with Crippen molar-refractivity contribution in [2.24, 2.45) is 5.92 Å². The lowest BCUT2D eigenvalue weighted by Crippen LogP contribution is -2.43. The molecule has 0 bridgehead atoms. The van der Waals surface area contributed by atoms with Crippen LogP contribution in [-0.2, 0) is 16.0 Å². The highest BCUT2D eigenvalue weighted by molar-refractivity contribution is 6.71. The second-order valence-corrected chi connectivity index (χ2v) is 15.3. The van der Waals surface area contributed by atoms with Gasteiger partial charge in [0.15, 0.2) is 8.32 Å². The maximum atomic E-state index is 13.1. The summed E-state index contributed by atoms with van der Waals surface area (Å²) < 4.78 is 6.47. The fourth-order valence-electron chi connectivity index (χ4n) is 6.15. The van der Waals surface area contributed by atoms with Gasteiger partial charge in [-0.3, -0.25) is 9.59 Å². The first-order chi connectivity index (χ1) is 18.1. The van der Waals surface area contributed by atoms with E-state index in [1.54, 1.807) is 29.2 Å². The Morgan fingerprint density at radius 3 is 2.42 bits per heavy atom. The van der Waals surface area contributed by atoms with Gasteiger partial charge >= 0.3 is 0 Å². The Bertz CT molecular complexity index is 1100. The van der Waals surface area contributed by atoms with Gasteiger partial charge < -0.3 is 30.6 Å². The summed E-state index contributed by atoms with van der Waals surface area (Å²) in [7, 11) is -2.58. The van der Waals surface area contributed by atoms with E-state index < -0.39 is 8.32 Å². The third-order valence-corrected chi connectivity index (χ3v) is 10.6. The van der Waals surface area contributed by atoms with Gasteiger partial charge in [0.1, 0.15) is 0 Å². The highest BCUT2D eigenvalue weighted by atomic mass is 28.4. The number of benzene rings is 2. The molecule has 2 aliphatic heterocycles. The van der Waals surface area contributed by atoms with E-state index in [-0.39, 0.29) is 54.6 Å². The first-order valence-electron chi connectivity index (χ1n) is 13.6. The summed E-state index contributed by atoms with van der Waals surface area (Å²) in [6, 6.07) is 14.5. The lowest BCUT2D eigenvalue weighted by atomic mass is 9.95. The monoisotopic (exact) mass is 539 g/mol. The van der Waals surface area contributed by atoms with Gasteiger partial charge in [0.25, 0.3) is 5.91 Å². The smallest absolute Gasteiger partial charge is 0.255 e. The molecule has 0 aromatic heterocycles. The molecule has 2 heterocycles. The summed E-state index contributed by atoms with van der Waals surface area (Å²) in [6.07, 6.45) is 3.22. The van der Waals surface area contributed by atoms with E-state index >= 15 is 0 Å². The number of nitrogens with one attached hydrogen (secondary N) is 1. The van der Waals surface area contributed by atoms with E-state index in [0.717, 1.165) is 36.9 Å². The van der Waals surface area contributed by atoms with Crippen LogP contribution < -0.4 is 11.1 Å². The zero-order valence-corrected chi connectivity index (χ0v) is 23.6. The number of nitrogens with zero attached hydrogens (tertiary/aromatic N) is 1. The summed E-state index contributed by atoms with van der Waals surface area (Å²) in [5.41, 5.74) is 8.67. The van der Waals surface area contributed by atoms with Gasteiger partial charge in [-0.05, 0) is 86.7 Å². The second-order valence-electron chi connectivity index (χ2n) is 11.3. The van der Waals surface area contributed by atoms with E-state index in [4.69, 9.17) is 10.5 Å². The molecule has 2 aromatic carbocycles. The molecule has 8 nitrogen and oxygen atoms in total. The maximum Gasteiger partial charge on any atom is 0.255 e. The SMILES string of the molecule is C[C@H]1[C@H]([Si](C)(C)O)[C@@H](CC(=O)N2CCC[C@H]2CO)O[C@H]1CCc1ccc(NC(=O)c2ccc(N)cc2)cc1. The number of nitrogens with two attached hydrogens (primary N) is 1. The van der Waals surface area contributed by atoms with Crippen LogP contribution in [0.4, 0.5) is 11.4 Å². The average Bonchev–Trinajstić information content (AvgIpc) is 3.48. The van der Waals surface area contributed by atoms with Gasteiger partial charge in [-0.2, -0.15) is 0 Å². The van der Waals surface area contributed by atoms with Crippen molar-refractivity contribution < 1.29 is 24.2 Å². The minimum atomic E-state index is -2.58. The van der Waals surface area contributed by atoms with Crippen LogP contribution >= 0.6 is 0 Å². The molecule has 5 N–H and O–H groups in total. The predicted molar refractivity (Wildman–Crippen MR) is 151 cm³/mol.